The molecule has 19 heavy (non-hydrogen) atoms. The number of halogens is 1. The van der Waals surface area contributed by atoms with Crippen LogP contribution in [-0.4, -0.2) is 0 Å². The van der Waals surface area contributed by atoms with Gasteiger partial charge in [0.1, 0.15) is 5.82 Å². The van der Waals surface area contributed by atoms with Gasteiger partial charge < -0.3 is 5.32 Å². The highest BCUT2D eigenvalue weighted by Gasteiger charge is 2.28. The fourth-order valence-corrected chi connectivity index (χ4v) is 2.71. The second-order valence-electron chi connectivity index (χ2n) is 5.21. The van der Waals surface area contributed by atoms with Gasteiger partial charge in [-0.15, -0.1) is 0 Å². The molecule has 1 nitrogen and oxygen atoms in total. The predicted octanol–water partition coefficient (Wildman–Crippen LogP) is 4.57. The lowest BCUT2D eigenvalue weighted by atomic mass is 9.84. The Morgan fingerprint density at radius 2 is 1.68 bits per heavy atom. The van der Waals surface area contributed by atoms with Crippen LogP contribution in [0.5, 0.6) is 0 Å². The summed E-state index contributed by atoms with van der Waals surface area (Å²) >= 11 is 0. The number of hydrogen-bond donors (Lipinski definition) is 1. The molecule has 0 fully saturated rings. The Kier molecular flexibility index (Phi) is 2.67. The Bertz CT molecular complexity index is 643. The molecule has 1 atom stereocenters. The molecule has 1 N–H and O–H groups in total. The van der Waals surface area contributed by atoms with Gasteiger partial charge in [0.15, 0.2) is 0 Å². The van der Waals surface area contributed by atoms with Crippen molar-refractivity contribution in [2.45, 2.75) is 19.4 Å². The molecule has 1 unspecified atom stereocenters. The Labute approximate surface area is 112 Å². The zero-order valence-corrected chi connectivity index (χ0v) is 11.1. The van der Waals surface area contributed by atoms with Crippen molar-refractivity contribution < 1.29 is 4.39 Å². The van der Waals surface area contributed by atoms with E-state index >= 15 is 0 Å². The largest absolute Gasteiger partial charge is 0.372 e. The first-order valence-electron chi connectivity index (χ1n) is 6.42. The molecule has 0 aromatic heterocycles. The highest BCUT2D eigenvalue weighted by atomic mass is 19.1. The molecular formula is C17H16FN. The van der Waals surface area contributed by atoms with Gasteiger partial charge >= 0.3 is 0 Å². The third kappa shape index (κ3) is 2.03. The van der Waals surface area contributed by atoms with E-state index in [1.54, 1.807) is 0 Å². The van der Waals surface area contributed by atoms with Crippen LogP contribution in [0.3, 0.4) is 0 Å². The van der Waals surface area contributed by atoms with Crippen LogP contribution < -0.4 is 5.32 Å². The molecule has 3 rings (SSSR count). The van der Waals surface area contributed by atoms with E-state index in [9.17, 15) is 4.39 Å². The maximum atomic E-state index is 13.1. The van der Waals surface area contributed by atoms with Crippen molar-refractivity contribution in [1.29, 1.82) is 0 Å². The summed E-state index contributed by atoms with van der Waals surface area (Å²) in [4.78, 5) is 0. The number of allylic oxidation sites excluding steroid dienone is 1. The van der Waals surface area contributed by atoms with Crippen molar-refractivity contribution >= 4 is 11.3 Å². The SMILES string of the molecule is CC1=CC(C)(c2ccc(F)cc2)Nc2ccccc21. The lowest BCUT2D eigenvalue weighted by molar-refractivity contribution is 0.621. The van der Waals surface area contributed by atoms with Gasteiger partial charge in [-0.2, -0.15) is 0 Å². The van der Waals surface area contributed by atoms with Crippen molar-refractivity contribution in [2.24, 2.45) is 0 Å². The van der Waals surface area contributed by atoms with E-state index in [0.29, 0.717) is 0 Å². The fourth-order valence-electron chi connectivity index (χ4n) is 2.71. The second-order valence-corrected chi connectivity index (χ2v) is 5.21. The highest BCUT2D eigenvalue weighted by Crippen LogP contribution is 2.38. The summed E-state index contributed by atoms with van der Waals surface area (Å²) in [6.07, 6.45) is 2.20. The molecule has 2 aromatic carbocycles. The first kappa shape index (κ1) is 12.0. The van der Waals surface area contributed by atoms with Crippen molar-refractivity contribution in [3.63, 3.8) is 0 Å². The maximum Gasteiger partial charge on any atom is 0.123 e. The third-order valence-electron chi connectivity index (χ3n) is 3.70. The molecule has 0 amide bonds. The van der Waals surface area contributed by atoms with Gasteiger partial charge in [-0.3, -0.25) is 0 Å². The van der Waals surface area contributed by atoms with Crippen LogP contribution in [0.25, 0.3) is 5.57 Å². The molecule has 0 radical (unpaired) electrons. The van der Waals surface area contributed by atoms with Gasteiger partial charge in [-0.1, -0.05) is 36.4 Å². The van der Waals surface area contributed by atoms with Crippen LogP contribution >= 0.6 is 0 Å². The average molecular weight is 253 g/mol. The van der Waals surface area contributed by atoms with E-state index < -0.39 is 0 Å². The summed E-state index contributed by atoms with van der Waals surface area (Å²) < 4.78 is 13.1. The summed E-state index contributed by atoms with van der Waals surface area (Å²) in [6.45, 7) is 4.22. The highest BCUT2D eigenvalue weighted by molar-refractivity contribution is 5.80. The average Bonchev–Trinajstić information content (AvgIpc) is 2.39. The molecule has 96 valence electrons. The minimum absolute atomic E-state index is 0.204. The normalized spacial score (nSPS) is 21.3. The number of anilines is 1. The minimum atomic E-state index is -0.299. The summed E-state index contributed by atoms with van der Waals surface area (Å²) in [5.74, 6) is -0.204. The number of hydrogen-bond acceptors (Lipinski definition) is 1. The van der Waals surface area contributed by atoms with Crippen LogP contribution in [0.1, 0.15) is 25.0 Å². The molecule has 0 bridgehead atoms. The number of para-hydroxylation sites is 1. The predicted molar refractivity (Wildman–Crippen MR) is 77.5 cm³/mol. The zero-order chi connectivity index (χ0) is 13.5. The molecule has 2 heteroatoms. The van der Waals surface area contributed by atoms with Gasteiger partial charge in [0.05, 0.1) is 5.54 Å². The topological polar surface area (TPSA) is 12.0 Å². The molecule has 0 saturated carbocycles. The second kappa shape index (κ2) is 4.23. The van der Waals surface area contributed by atoms with Gasteiger partial charge in [0.25, 0.3) is 0 Å². The summed E-state index contributed by atoms with van der Waals surface area (Å²) in [7, 11) is 0. The molecular weight excluding hydrogens is 237 g/mol. The lowest BCUT2D eigenvalue weighted by Gasteiger charge is -2.35. The zero-order valence-electron chi connectivity index (χ0n) is 11.1. The van der Waals surface area contributed by atoms with Crippen molar-refractivity contribution in [3.05, 3.63) is 71.6 Å². The van der Waals surface area contributed by atoms with Crippen LogP contribution in [0.15, 0.2) is 54.6 Å². The fraction of sp³-hybridized carbons (Fsp3) is 0.176. The van der Waals surface area contributed by atoms with E-state index in [1.165, 1.54) is 23.3 Å². The van der Waals surface area contributed by atoms with Crippen molar-refractivity contribution in [2.75, 3.05) is 5.32 Å². The Morgan fingerprint density at radius 3 is 2.42 bits per heavy atom. The lowest BCUT2D eigenvalue weighted by Crippen LogP contribution is -2.32. The van der Waals surface area contributed by atoms with Crippen molar-refractivity contribution in [3.8, 4) is 0 Å². The van der Waals surface area contributed by atoms with E-state index in [2.05, 4.69) is 37.4 Å². The molecule has 1 aliphatic rings. The minimum Gasteiger partial charge on any atom is -0.372 e. The molecule has 0 saturated heterocycles. The first-order valence-corrected chi connectivity index (χ1v) is 6.42. The molecule has 2 aromatic rings. The van der Waals surface area contributed by atoms with Crippen LogP contribution in [0.4, 0.5) is 10.1 Å². The van der Waals surface area contributed by atoms with E-state index in [0.717, 1.165) is 11.3 Å². The number of fused-ring (bicyclic) bond motifs is 1. The van der Waals surface area contributed by atoms with E-state index in [1.807, 2.05) is 24.3 Å². The third-order valence-corrected chi connectivity index (χ3v) is 3.70. The maximum absolute atomic E-state index is 13.1. The van der Waals surface area contributed by atoms with Gasteiger partial charge in [-0.25, -0.2) is 4.39 Å². The molecule has 1 aliphatic heterocycles. The summed E-state index contributed by atoms with van der Waals surface area (Å²) in [5, 5.41) is 3.54. The molecule has 0 spiro atoms. The molecule has 0 aliphatic carbocycles. The monoisotopic (exact) mass is 253 g/mol. The smallest absolute Gasteiger partial charge is 0.123 e. The Balaban J connectivity index is 2.08. The van der Waals surface area contributed by atoms with Crippen LogP contribution in [0.2, 0.25) is 0 Å². The summed E-state index contributed by atoms with van der Waals surface area (Å²) in [5.41, 5.74) is 4.34. The Hall–Kier alpha value is -2.09. The van der Waals surface area contributed by atoms with Crippen LogP contribution in [0, 0.1) is 5.82 Å². The number of nitrogens with one attached hydrogen (secondary N) is 1. The summed E-state index contributed by atoms with van der Waals surface area (Å²) in [6, 6.07) is 14.9. The Morgan fingerprint density at radius 1 is 1.00 bits per heavy atom. The van der Waals surface area contributed by atoms with Gasteiger partial charge in [0, 0.05) is 11.3 Å². The standard InChI is InChI=1S/C17H16FN/c1-12-11-17(2,13-7-9-14(18)10-8-13)19-16-6-4-3-5-15(12)16/h3-11,19H,1-2H3. The van der Waals surface area contributed by atoms with Crippen molar-refractivity contribution in [1.82, 2.24) is 0 Å². The molecule has 1 heterocycles. The van der Waals surface area contributed by atoms with E-state index in [4.69, 9.17) is 0 Å². The van der Waals surface area contributed by atoms with E-state index in [-0.39, 0.29) is 11.4 Å². The quantitative estimate of drug-likeness (QED) is 0.785. The van der Waals surface area contributed by atoms with Gasteiger partial charge in [-0.05, 0) is 43.2 Å². The number of benzene rings is 2. The van der Waals surface area contributed by atoms with Crippen LogP contribution in [-0.2, 0) is 5.54 Å². The van der Waals surface area contributed by atoms with Gasteiger partial charge in [0.2, 0.25) is 0 Å². The number of rotatable bonds is 1. The first-order chi connectivity index (χ1) is 9.08.